The van der Waals surface area contributed by atoms with Gasteiger partial charge in [-0.2, -0.15) is 5.10 Å². The Morgan fingerprint density at radius 1 is 1.62 bits per heavy atom. The van der Waals surface area contributed by atoms with E-state index in [-0.39, 0.29) is 12.2 Å². The minimum absolute atomic E-state index is 0.0731. The van der Waals surface area contributed by atoms with Gasteiger partial charge in [-0.25, -0.2) is 13.1 Å². The van der Waals surface area contributed by atoms with Gasteiger partial charge in [0.15, 0.2) is 0 Å². The van der Waals surface area contributed by atoms with E-state index in [2.05, 4.69) is 9.82 Å². The van der Waals surface area contributed by atoms with Crippen LogP contribution in [0.15, 0.2) is 12.4 Å². The molecule has 0 spiro atoms. The fraction of sp³-hybridized carbons (Fsp3) is 0.571. The van der Waals surface area contributed by atoms with Gasteiger partial charge in [0.1, 0.15) is 12.4 Å². The Kier molecular flexibility index (Phi) is 3.96. The number of sulfonamides is 1. The zero-order valence-electron chi connectivity index (χ0n) is 8.66. The van der Waals surface area contributed by atoms with E-state index in [1.165, 1.54) is 10.9 Å². The van der Waals surface area contributed by atoms with Crippen LogP contribution in [0, 0.1) is 10.1 Å². The molecule has 9 heteroatoms. The number of nitro groups is 1. The van der Waals surface area contributed by atoms with Gasteiger partial charge in [-0.05, 0) is 6.42 Å². The predicted octanol–water partition coefficient (Wildman–Crippen LogP) is -0.269. The average Bonchev–Trinajstić information content (AvgIpc) is 2.59. The van der Waals surface area contributed by atoms with Gasteiger partial charge in [0, 0.05) is 13.1 Å². The van der Waals surface area contributed by atoms with E-state index in [0.29, 0.717) is 13.0 Å². The number of nitrogens with zero attached hydrogens (tertiary/aromatic N) is 3. The molecule has 0 fully saturated rings. The third-order valence-corrected chi connectivity index (χ3v) is 2.49. The van der Waals surface area contributed by atoms with E-state index in [0.717, 1.165) is 12.5 Å². The van der Waals surface area contributed by atoms with Crippen LogP contribution in [0.3, 0.4) is 0 Å². The molecule has 1 rings (SSSR count). The lowest BCUT2D eigenvalue weighted by Gasteiger charge is -2.01. The minimum atomic E-state index is -3.17. The van der Waals surface area contributed by atoms with Gasteiger partial charge in [0.25, 0.3) is 0 Å². The molecule has 8 nitrogen and oxygen atoms in total. The van der Waals surface area contributed by atoms with Crippen molar-refractivity contribution < 1.29 is 13.3 Å². The molecule has 0 saturated heterocycles. The zero-order chi connectivity index (χ0) is 12.2. The van der Waals surface area contributed by atoms with Crippen LogP contribution >= 0.6 is 0 Å². The highest BCUT2D eigenvalue weighted by atomic mass is 32.2. The molecule has 1 aromatic heterocycles. The molecule has 0 unspecified atom stereocenters. The van der Waals surface area contributed by atoms with E-state index in [1.807, 2.05) is 0 Å². The first-order valence-electron chi connectivity index (χ1n) is 4.50. The monoisotopic (exact) mass is 248 g/mol. The first-order chi connectivity index (χ1) is 7.38. The third-order valence-electron chi connectivity index (χ3n) is 1.76. The lowest BCUT2D eigenvalue weighted by molar-refractivity contribution is -0.385. The predicted molar refractivity (Wildman–Crippen MR) is 56.3 cm³/mol. The van der Waals surface area contributed by atoms with Crippen LogP contribution in [-0.2, 0) is 16.6 Å². The van der Waals surface area contributed by atoms with Crippen molar-refractivity contribution in [3.05, 3.63) is 22.5 Å². The second kappa shape index (κ2) is 5.03. The number of aryl methyl sites for hydroxylation is 1. The summed E-state index contributed by atoms with van der Waals surface area (Å²) in [5.74, 6) is 0. The number of hydrogen-bond donors (Lipinski definition) is 1. The molecule has 0 radical (unpaired) electrons. The maximum absolute atomic E-state index is 10.7. The standard InChI is InChI=1S/C7H12N4O4S/c1-16(14,15)9-3-2-4-10-6-7(5-8-10)11(12)13/h5-6,9H,2-4H2,1H3. The Morgan fingerprint density at radius 2 is 2.31 bits per heavy atom. The summed E-state index contributed by atoms with van der Waals surface area (Å²) < 4.78 is 25.2. The lowest BCUT2D eigenvalue weighted by Crippen LogP contribution is -2.23. The summed E-state index contributed by atoms with van der Waals surface area (Å²) in [6.45, 7) is 0.711. The fourth-order valence-electron chi connectivity index (χ4n) is 1.07. The second-order valence-electron chi connectivity index (χ2n) is 3.24. The van der Waals surface area contributed by atoms with Crippen molar-refractivity contribution >= 4 is 15.7 Å². The first-order valence-corrected chi connectivity index (χ1v) is 6.39. The molecular weight excluding hydrogens is 236 g/mol. The number of aromatic nitrogens is 2. The van der Waals surface area contributed by atoms with E-state index in [9.17, 15) is 18.5 Å². The molecule has 1 heterocycles. The van der Waals surface area contributed by atoms with Crippen molar-refractivity contribution in [2.45, 2.75) is 13.0 Å². The SMILES string of the molecule is CS(=O)(=O)NCCCn1cc([N+](=O)[O-])cn1. The third kappa shape index (κ3) is 4.36. The summed E-state index contributed by atoms with van der Waals surface area (Å²) in [6.07, 6.45) is 4.06. The van der Waals surface area contributed by atoms with Crippen molar-refractivity contribution in [3.63, 3.8) is 0 Å². The van der Waals surface area contributed by atoms with Crippen LogP contribution in [0.4, 0.5) is 5.69 Å². The van der Waals surface area contributed by atoms with Crippen molar-refractivity contribution in [2.75, 3.05) is 12.8 Å². The minimum Gasteiger partial charge on any atom is -0.266 e. The van der Waals surface area contributed by atoms with Gasteiger partial charge in [0.05, 0.1) is 11.2 Å². The molecule has 0 saturated carbocycles. The maximum atomic E-state index is 10.7. The van der Waals surface area contributed by atoms with Crippen molar-refractivity contribution in [1.82, 2.24) is 14.5 Å². The van der Waals surface area contributed by atoms with Gasteiger partial charge >= 0.3 is 5.69 Å². The summed E-state index contributed by atoms with van der Waals surface area (Å²) in [4.78, 5) is 9.81. The Balaban J connectivity index is 2.35. The van der Waals surface area contributed by atoms with Crippen molar-refractivity contribution in [3.8, 4) is 0 Å². The Labute approximate surface area is 92.5 Å². The second-order valence-corrected chi connectivity index (χ2v) is 5.07. The summed E-state index contributed by atoms with van der Waals surface area (Å²) in [6, 6.07) is 0. The smallest absolute Gasteiger partial charge is 0.266 e. The summed E-state index contributed by atoms with van der Waals surface area (Å²) >= 11 is 0. The summed E-state index contributed by atoms with van der Waals surface area (Å²) in [5.41, 5.74) is -0.0731. The van der Waals surface area contributed by atoms with Crippen molar-refractivity contribution in [1.29, 1.82) is 0 Å². The van der Waals surface area contributed by atoms with Crippen LogP contribution in [0.5, 0.6) is 0 Å². The number of hydrogen-bond acceptors (Lipinski definition) is 5. The normalized spacial score (nSPS) is 11.6. The van der Waals surface area contributed by atoms with Gasteiger partial charge in [-0.3, -0.25) is 14.8 Å². The van der Waals surface area contributed by atoms with Crippen molar-refractivity contribution in [2.24, 2.45) is 0 Å². The molecule has 16 heavy (non-hydrogen) atoms. The molecule has 1 aromatic rings. The fourth-order valence-corrected chi connectivity index (χ4v) is 1.58. The zero-order valence-corrected chi connectivity index (χ0v) is 9.48. The molecule has 0 aliphatic heterocycles. The van der Waals surface area contributed by atoms with Gasteiger partial charge in [-0.1, -0.05) is 0 Å². The van der Waals surface area contributed by atoms with E-state index in [4.69, 9.17) is 0 Å². The Bertz CT molecular complexity index is 466. The quantitative estimate of drug-likeness (QED) is 0.423. The number of rotatable bonds is 6. The van der Waals surface area contributed by atoms with Crippen LogP contribution in [0.2, 0.25) is 0 Å². The highest BCUT2D eigenvalue weighted by molar-refractivity contribution is 7.88. The Morgan fingerprint density at radius 3 is 2.81 bits per heavy atom. The molecule has 0 bridgehead atoms. The van der Waals surface area contributed by atoms with Gasteiger partial charge < -0.3 is 0 Å². The highest BCUT2D eigenvalue weighted by Gasteiger charge is 2.08. The van der Waals surface area contributed by atoms with Crippen LogP contribution in [-0.4, -0.2) is 35.9 Å². The summed E-state index contributed by atoms with van der Waals surface area (Å²) in [5, 5.41) is 14.1. The summed E-state index contributed by atoms with van der Waals surface area (Å²) in [7, 11) is -3.17. The van der Waals surface area contributed by atoms with E-state index < -0.39 is 14.9 Å². The van der Waals surface area contributed by atoms with E-state index >= 15 is 0 Å². The molecule has 90 valence electrons. The van der Waals surface area contributed by atoms with Crippen LogP contribution in [0.1, 0.15) is 6.42 Å². The molecule has 0 atom stereocenters. The lowest BCUT2D eigenvalue weighted by atomic mass is 10.4. The first kappa shape index (κ1) is 12.6. The van der Waals surface area contributed by atoms with E-state index in [1.54, 1.807) is 0 Å². The molecule has 0 aliphatic rings. The Hall–Kier alpha value is -1.48. The average molecular weight is 248 g/mol. The van der Waals surface area contributed by atoms with Gasteiger partial charge in [0.2, 0.25) is 10.0 Å². The maximum Gasteiger partial charge on any atom is 0.306 e. The highest BCUT2D eigenvalue weighted by Crippen LogP contribution is 2.07. The topological polar surface area (TPSA) is 107 Å². The molecule has 0 amide bonds. The molecule has 0 aliphatic carbocycles. The van der Waals surface area contributed by atoms with Gasteiger partial charge in [-0.15, -0.1) is 0 Å². The molecule has 1 N–H and O–H groups in total. The van der Waals surface area contributed by atoms with Crippen LogP contribution < -0.4 is 4.72 Å². The number of nitrogens with one attached hydrogen (secondary N) is 1. The van der Waals surface area contributed by atoms with Crippen LogP contribution in [0.25, 0.3) is 0 Å². The molecule has 0 aromatic carbocycles. The molecular formula is C7H12N4O4S. The largest absolute Gasteiger partial charge is 0.306 e.